The first kappa shape index (κ1) is 16.8. The second-order valence-electron chi connectivity index (χ2n) is 6.03. The second-order valence-corrected chi connectivity index (χ2v) is 8.01. The van der Waals surface area contributed by atoms with E-state index in [1.807, 2.05) is 31.2 Å². The number of pyridine rings is 1. The van der Waals surface area contributed by atoms with Gasteiger partial charge in [-0.25, -0.2) is 27.7 Å². The van der Waals surface area contributed by atoms with E-state index in [-0.39, 0.29) is 5.92 Å². The molecule has 0 amide bonds. The van der Waals surface area contributed by atoms with Gasteiger partial charge in [-0.3, -0.25) is 0 Å². The summed E-state index contributed by atoms with van der Waals surface area (Å²) in [7, 11) is -3.17. The predicted molar refractivity (Wildman–Crippen MR) is 92.7 cm³/mol. The molecule has 1 fully saturated rings. The first-order valence-corrected chi connectivity index (χ1v) is 9.75. The van der Waals surface area contributed by atoms with Crippen molar-refractivity contribution < 1.29 is 8.42 Å². The highest BCUT2D eigenvalue weighted by Gasteiger charge is 2.28. The molecule has 0 saturated carbocycles. The van der Waals surface area contributed by atoms with Crippen LogP contribution >= 0.6 is 0 Å². The van der Waals surface area contributed by atoms with Crippen molar-refractivity contribution in [3.8, 4) is 0 Å². The zero-order valence-corrected chi connectivity index (χ0v) is 14.6. The van der Waals surface area contributed by atoms with Crippen LogP contribution in [0.15, 0.2) is 30.5 Å². The van der Waals surface area contributed by atoms with E-state index in [9.17, 15) is 8.42 Å². The van der Waals surface area contributed by atoms with E-state index >= 15 is 0 Å². The van der Waals surface area contributed by atoms with Crippen molar-refractivity contribution in [1.82, 2.24) is 19.3 Å². The number of piperidine rings is 1. The van der Waals surface area contributed by atoms with Crippen LogP contribution in [0.5, 0.6) is 0 Å². The van der Waals surface area contributed by atoms with Crippen molar-refractivity contribution in [1.29, 1.82) is 0 Å². The Hall–Kier alpha value is -2.06. The largest absolute Gasteiger partial charge is 0.325 e. The first-order valence-electron chi connectivity index (χ1n) is 7.90. The third kappa shape index (κ3) is 4.07. The van der Waals surface area contributed by atoms with Crippen molar-refractivity contribution in [3.63, 3.8) is 0 Å². The van der Waals surface area contributed by atoms with Gasteiger partial charge in [0.05, 0.1) is 11.9 Å². The molecule has 1 atom stereocenters. The Kier molecular flexibility index (Phi) is 4.77. The fourth-order valence-electron chi connectivity index (χ4n) is 2.92. The van der Waals surface area contributed by atoms with Gasteiger partial charge in [0.25, 0.3) is 0 Å². The van der Waals surface area contributed by atoms with Gasteiger partial charge in [0.1, 0.15) is 17.5 Å². The van der Waals surface area contributed by atoms with Crippen LogP contribution in [0.3, 0.4) is 0 Å². The van der Waals surface area contributed by atoms with Crippen LogP contribution in [0, 0.1) is 6.92 Å². The number of nitrogens with zero attached hydrogens (tertiary/aromatic N) is 4. The molecule has 8 heteroatoms. The molecular weight excluding hydrogens is 326 g/mol. The molecule has 1 aliphatic rings. The molecule has 3 heterocycles. The molecule has 128 valence electrons. The minimum Gasteiger partial charge on any atom is -0.325 e. The number of aryl methyl sites for hydroxylation is 1. The molecule has 0 bridgehead atoms. The Morgan fingerprint density at radius 3 is 2.79 bits per heavy atom. The van der Waals surface area contributed by atoms with Crippen molar-refractivity contribution in [2.75, 3.05) is 24.7 Å². The molecular formula is C16H21N5O2S. The molecule has 2 aromatic rings. The van der Waals surface area contributed by atoms with Crippen LogP contribution in [0.4, 0.5) is 11.6 Å². The highest BCUT2D eigenvalue weighted by Crippen LogP contribution is 2.28. The predicted octanol–water partition coefficient (Wildman–Crippen LogP) is 2.06. The Morgan fingerprint density at radius 2 is 2.08 bits per heavy atom. The lowest BCUT2D eigenvalue weighted by Gasteiger charge is -2.30. The van der Waals surface area contributed by atoms with E-state index in [1.54, 1.807) is 6.20 Å². The summed E-state index contributed by atoms with van der Waals surface area (Å²) in [4.78, 5) is 13.2. The van der Waals surface area contributed by atoms with Gasteiger partial charge in [0, 0.05) is 31.3 Å². The van der Waals surface area contributed by atoms with Crippen molar-refractivity contribution in [3.05, 3.63) is 42.0 Å². The zero-order valence-electron chi connectivity index (χ0n) is 13.8. The zero-order chi connectivity index (χ0) is 17.2. The van der Waals surface area contributed by atoms with E-state index in [2.05, 4.69) is 20.3 Å². The van der Waals surface area contributed by atoms with Gasteiger partial charge in [0.2, 0.25) is 10.0 Å². The molecule has 1 unspecified atom stereocenters. The number of sulfonamides is 1. The Bertz CT molecular complexity index is 810. The van der Waals surface area contributed by atoms with Crippen LogP contribution in [0.25, 0.3) is 0 Å². The number of hydrogen-bond acceptors (Lipinski definition) is 6. The maximum atomic E-state index is 11.8. The van der Waals surface area contributed by atoms with Gasteiger partial charge in [-0.05, 0) is 31.9 Å². The monoisotopic (exact) mass is 347 g/mol. The smallest absolute Gasteiger partial charge is 0.211 e. The van der Waals surface area contributed by atoms with Gasteiger partial charge >= 0.3 is 0 Å². The first-order chi connectivity index (χ1) is 11.4. The van der Waals surface area contributed by atoms with Crippen LogP contribution in [-0.2, 0) is 10.0 Å². The third-order valence-corrected chi connectivity index (χ3v) is 5.32. The summed E-state index contributed by atoms with van der Waals surface area (Å²) in [6, 6.07) is 7.50. The number of anilines is 2. The lowest BCUT2D eigenvalue weighted by molar-refractivity contribution is 0.314. The van der Waals surface area contributed by atoms with E-state index in [1.165, 1.54) is 10.6 Å². The molecule has 3 rings (SSSR count). The topological polar surface area (TPSA) is 88.1 Å². The van der Waals surface area contributed by atoms with Gasteiger partial charge in [-0.2, -0.15) is 0 Å². The fraction of sp³-hybridized carbons (Fsp3) is 0.438. The van der Waals surface area contributed by atoms with E-state index in [0.29, 0.717) is 30.5 Å². The molecule has 0 spiro atoms. The Labute approximate surface area is 142 Å². The molecule has 0 aliphatic carbocycles. The molecule has 2 aromatic heterocycles. The van der Waals surface area contributed by atoms with Gasteiger partial charge in [-0.15, -0.1) is 0 Å². The average Bonchev–Trinajstić information content (AvgIpc) is 2.54. The number of hydrogen-bond donors (Lipinski definition) is 1. The minimum atomic E-state index is -3.17. The quantitative estimate of drug-likeness (QED) is 0.911. The maximum Gasteiger partial charge on any atom is 0.211 e. The highest BCUT2D eigenvalue weighted by molar-refractivity contribution is 7.88. The van der Waals surface area contributed by atoms with Crippen molar-refractivity contribution in [2.24, 2.45) is 0 Å². The summed E-state index contributed by atoms with van der Waals surface area (Å²) < 4.78 is 25.2. The van der Waals surface area contributed by atoms with Crippen LogP contribution in [0.2, 0.25) is 0 Å². The number of rotatable bonds is 4. The summed E-state index contributed by atoms with van der Waals surface area (Å²) in [6.45, 7) is 2.89. The lowest BCUT2D eigenvalue weighted by atomic mass is 9.96. The molecule has 0 aromatic carbocycles. The van der Waals surface area contributed by atoms with E-state index in [4.69, 9.17) is 0 Å². The van der Waals surface area contributed by atoms with Crippen LogP contribution in [-0.4, -0.2) is 47.0 Å². The fourth-order valence-corrected chi connectivity index (χ4v) is 3.83. The standard InChI is InChI=1S/C16H21N5O2S/c1-12-18-14(13-6-5-9-21(11-13)24(2,22)23)10-16(19-12)20-15-7-3-4-8-17-15/h3-4,7-8,10,13H,5-6,9,11H2,1-2H3,(H,17,18,19,20). The van der Waals surface area contributed by atoms with E-state index < -0.39 is 10.0 Å². The third-order valence-electron chi connectivity index (χ3n) is 4.05. The normalized spacial score (nSPS) is 19.2. The molecule has 1 aliphatic heterocycles. The number of nitrogens with one attached hydrogen (secondary N) is 1. The summed E-state index contributed by atoms with van der Waals surface area (Å²) in [5, 5.41) is 3.17. The van der Waals surface area contributed by atoms with Crippen LogP contribution < -0.4 is 5.32 Å². The Balaban J connectivity index is 1.83. The van der Waals surface area contributed by atoms with Gasteiger partial charge < -0.3 is 5.32 Å². The molecule has 24 heavy (non-hydrogen) atoms. The minimum absolute atomic E-state index is 0.0828. The van der Waals surface area contributed by atoms with Crippen molar-refractivity contribution in [2.45, 2.75) is 25.7 Å². The summed E-state index contributed by atoms with van der Waals surface area (Å²) in [6.07, 6.45) is 4.73. The second kappa shape index (κ2) is 6.82. The van der Waals surface area contributed by atoms with E-state index in [0.717, 1.165) is 18.5 Å². The van der Waals surface area contributed by atoms with Gasteiger partial charge in [-0.1, -0.05) is 6.07 Å². The van der Waals surface area contributed by atoms with Crippen molar-refractivity contribution >= 4 is 21.7 Å². The highest BCUT2D eigenvalue weighted by atomic mass is 32.2. The van der Waals surface area contributed by atoms with Gasteiger partial charge in [0.15, 0.2) is 0 Å². The van der Waals surface area contributed by atoms with Crippen LogP contribution in [0.1, 0.15) is 30.3 Å². The molecule has 1 saturated heterocycles. The maximum absolute atomic E-state index is 11.8. The lowest BCUT2D eigenvalue weighted by Crippen LogP contribution is -2.38. The summed E-state index contributed by atoms with van der Waals surface area (Å²) in [5.74, 6) is 2.12. The Morgan fingerprint density at radius 1 is 1.25 bits per heavy atom. The SMILES string of the molecule is Cc1nc(Nc2ccccn2)cc(C2CCCN(S(C)(=O)=O)C2)n1. The summed E-state index contributed by atoms with van der Waals surface area (Å²) in [5.41, 5.74) is 0.870. The molecule has 7 nitrogen and oxygen atoms in total. The molecule has 0 radical (unpaired) electrons. The molecule has 1 N–H and O–H groups in total. The number of aromatic nitrogens is 3. The summed E-state index contributed by atoms with van der Waals surface area (Å²) >= 11 is 0. The average molecular weight is 347 g/mol.